The fraction of sp³-hybridized carbons (Fsp3) is 0.159. The fourth-order valence-electron chi connectivity index (χ4n) is 15.4. The third-order valence-corrected chi connectivity index (χ3v) is 29.2. The van der Waals surface area contributed by atoms with Gasteiger partial charge in [0.2, 0.25) is 0 Å². The third kappa shape index (κ3) is 26.3. The Kier molecular flexibility index (Phi) is 38.5. The molecule has 622 valence electrons. The molecule has 15 aromatic carbocycles. The van der Waals surface area contributed by atoms with Crippen LogP contribution in [0.2, 0.25) is 0 Å². The average molecular weight is 1870 g/mol. The van der Waals surface area contributed by atoms with E-state index in [0.717, 1.165) is 67.8 Å². The van der Waals surface area contributed by atoms with Gasteiger partial charge >= 0.3 is 0 Å². The minimum Gasteiger partial charge on any atom is -0.133 e. The Hall–Kier alpha value is -5.25. The van der Waals surface area contributed by atoms with Crippen LogP contribution in [-0.2, 0) is 67.8 Å². The Morgan fingerprint density at radius 2 is 0.418 bits per heavy atom. The monoisotopic (exact) mass is 1870 g/mol. The van der Waals surface area contributed by atoms with Crippen molar-refractivity contribution in [1.29, 1.82) is 0 Å². The summed E-state index contributed by atoms with van der Waals surface area (Å²) in [7, 11) is 42.2. The standard InChI is InChI=1S/C23H27P3.C22H25P3.2C21H23P3.C20H21P3/c1-15-7-21(17-3-5-19(12-24)16(2)9-17)11-22(8-15)18-4-6-20(13-25)23(10-18)14-26;1-14-3-4-17(21-8-7-20(25)9-15(21)2)11-22(14)16-5-6-18(12-23)19(10-16)13-24;1-14-8-18(15-4-6-21(24)7-5-15)11-19(9-14)16-2-3-17(12-22)20(10-16)13-23;1-14-9-17(7-8-21(14)24)15-3-2-4-16(10-15)18-5-6-19(12-22)20(11-18)13-23;21-12-18-5-4-17(11-19(18)13-22)16-3-1-2-15(10-16)14-6-8-20(23)9-7-14/h3-11H,12-14,24-26H2,1-2H3;3-11H,12-13,23-25H2,1-2H3;2*2-11H,12-13,22-24H2,1H3;1-11H,12-13,21-23H2. The molecule has 0 heterocycles. The molecule has 0 nitrogen and oxygen atoms in total. The summed E-state index contributed by atoms with van der Waals surface area (Å²) in [5, 5.41) is 4.91. The van der Waals surface area contributed by atoms with Gasteiger partial charge in [0.05, 0.1) is 0 Å². The second-order valence-corrected chi connectivity index (χ2v) is 38.2. The first kappa shape index (κ1) is 97.4. The zero-order valence-corrected chi connectivity index (χ0v) is 88.5. The molecule has 15 atom stereocenters. The van der Waals surface area contributed by atoms with Crippen molar-refractivity contribution in [1.82, 2.24) is 0 Å². The number of hydrogen-bond acceptors (Lipinski definition) is 0. The lowest BCUT2D eigenvalue weighted by atomic mass is 9.92. The highest BCUT2D eigenvalue weighted by molar-refractivity contribution is 7.28. The summed E-state index contributed by atoms with van der Waals surface area (Å²) in [5.41, 5.74) is 49.0. The summed E-state index contributed by atoms with van der Waals surface area (Å²) < 4.78 is 0. The van der Waals surface area contributed by atoms with E-state index in [2.05, 4.69) is 477 Å². The van der Waals surface area contributed by atoms with Crippen LogP contribution >= 0.6 is 139 Å². The zero-order valence-electron chi connectivity index (χ0n) is 71.2. The average Bonchev–Trinajstić information content (AvgIpc) is 0.796. The van der Waals surface area contributed by atoms with Gasteiger partial charge in [0.25, 0.3) is 0 Å². The van der Waals surface area contributed by atoms with E-state index < -0.39 is 0 Å². The molecule has 0 amide bonds. The summed E-state index contributed by atoms with van der Waals surface area (Å²) in [6.45, 7) is 13.1. The highest BCUT2D eigenvalue weighted by Crippen LogP contribution is 2.39. The first-order valence-corrected chi connectivity index (χ1v) is 52.7. The summed E-state index contributed by atoms with van der Waals surface area (Å²) in [6, 6.07) is 110. The molecule has 0 fully saturated rings. The maximum Gasteiger partial charge on any atom is -0.0125 e. The van der Waals surface area contributed by atoms with Crippen molar-refractivity contribution in [3.8, 4) is 111 Å². The minimum absolute atomic E-state index is 0.991. The quantitative estimate of drug-likeness (QED) is 0.0629. The Balaban J connectivity index is 0.000000149. The second-order valence-electron chi connectivity index (χ2n) is 31.1. The van der Waals surface area contributed by atoms with Crippen molar-refractivity contribution < 1.29 is 0 Å². The van der Waals surface area contributed by atoms with Gasteiger partial charge in [-0.15, -0.1) is 139 Å². The van der Waals surface area contributed by atoms with E-state index in [0.29, 0.717) is 0 Å². The molecular formula is C107H119P15. The molecule has 0 spiro atoms. The van der Waals surface area contributed by atoms with Crippen LogP contribution < -0.4 is 21.2 Å². The van der Waals surface area contributed by atoms with Crippen molar-refractivity contribution in [3.05, 3.63) is 392 Å². The topological polar surface area (TPSA) is 0 Å². The SMILES string of the molecule is Cc1cc(-c2ccc(CP)c(C)c2)cc(-c2ccc(CP)c(CP)c2)c1.Cc1cc(-c2ccc(P)cc2)cc(-c2ccc(CP)c(CP)c2)c1.Cc1cc(-c2cccc(-c3ccc(CP)c(CP)c3)c2)ccc1P.Cc1cc(P)ccc1-c1ccc(C)c(-c2ccc(CP)c(CP)c2)c1.PCc1ccc(-c2cccc(-c3ccc(P)cc3)c2)cc1CP. The third-order valence-electron chi connectivity index (χ3n) is 22.5. The molecule has 0 aliphatic carbocycles. The molecule has 0 bridgehead atoms. The maximum atomic E-state index is 2.86. The van der Waals surface area contributed by atoms with Gasteiger partial charge in [-0.05, 0) is 367 Å². The van der Waals surface area contributed by atoms with Crippen LogP contribution in [0.25, 0.3) is 111 Å². The van der Waals surface area contributed by atoms with Gasteiger partial charge in [0, 0.05) is 0 Å². The predicted molar refractivity (Wildman–Crippen MR) is 600 cm³/mol. The van der Waals surface area contributed by atoms with E-state index in [1.165, 1.54) is 227 Å². The van der Waals surface area contributed by atoms with Crippen LogP contribution in [0.3, 0.4) is 0 Å². The Morgan fingerprint density at radius 3 is 0.787 bits per heavy atom. The molecular weight excluding hydrogens is 1750 g/mol. The number of rotatable bonds is 21. The lowest BCUT2D eigenvalue weighted by Crippen LogP contribution is -1.95. The second kappa shape index (κ2) is 48.2. The summed E-state index contributed by atoms with van der Waals surface area (Å²) in [6.07, 6.45) is 11.0. The molecule has 15 aromatic rings. The van der Waals surface area contributed by atoms with Crippen LogP contribution in [0.1, 0.15) is 94.6 Å². The summed E-state index contributed by atoms with van der Waals surface area (Å²) in [4.78, 5) is 0. The largest absolute Gasteiger partial charge is 0.133 e. The van der Waals surface area contributed by atoms with E-state index >= 15 is 0 Å². The van der Waals surface area contributed by atoms with Gasteiger partial charge in [-0.2, -0.15) is 0 Å². The first-order chi connectivity index (χ1) is 59.0. The summed E-state index contributed by atoms with van der Waals surface area (Å²) >= 11 is 0. The van der Waals surface area contributed by atoms with Crippen LogP contribution in [0.5, 0.6) is 0 Å². The molecule has 15 heteroatoms. The molecule has 0 aliphatic heterocycles. The van der Waals surface area contributed by atoms with E-state index in [1.807, 2.05) is 0 Å². The number of aryl methyl sites for hydroxylation is 6. The van der Waals surface area contributed by atoms with Gasteiger partial charge < -0.3 is 0 Å². The van der Waals surface area contributed by atoms with E-state index in [-0.39, 0.29) is 0 Å². The molecule has 122 heavy (non-hydrogen) atoms. The molecule has 0 saturated heterocycles. The van der Waals surface area contributed by atoms with Crippen LogP contribution in [0, 0.1) is 41.5 Å². The van der Waals surface area contributed by atoms with Crippen molar-refractivity contribution in [2.75, 3.05) is 0 Å². The first-order valence-electron chi connectivity index (χ1n) is 41.4. The van der Waals surface area contributed by atoms with E-state index in [4.69, 9.17) is 0 Å². The molecule has 0 aliphatic rings. The Bertz CT molecular complexity index is 6090. The van der Waals surface area contributed by atoms with Crippen LogP contribution in [-0.4, -0.2) is 0 Å². The Labute approximate surface area is 765 Å². The molecule has 0 radical (unpaired) electrons. The fourth-order valence-corrected chi connectivity index (χ4v) is 20.6. The van der Waals surface area contributed by atoms with Gasteiger partial charge in [0.15, 0.2) is 0 Å². The van der Waals surface area contributed by atoms with Gasteiger partial charge in [0.1, 0.15) is 0 Å². The van der Waals surface area contributed by atoms with Crippen LogP contribution in [0.4, 0.5) is 0 Å². The number of benzene rings is 15. The predicted octanol–water partition coefficient (Wildman–Crippen LogP) is 29.1. The Morgan fingerprint density at radius 1 is 0.156 bits per heavy atom. The minimum atomic E-state index is 0.991. The normalized spacial score (nSPS) is 10.9. The lowest BCUT2D eigenvalue weighted by Gasteiger charge is -2.14. The van der Waals surface area contributed by atoms with E-state index in [9.17, 15) is 0 Å². The number of hydrogen-bond donors (Lipinski definition) is 0. The molecule has 0 aromatic heterocycles. The smallest absolute Gasteiger partial charge is 0.0125 e. The van der Waals surface area contributed by atoms with Crippen LogP contribution in [0.15, 0.2) is 297 Å². The zero-order chi connectivity index (χ0) is 87.1. The van der Waals surface area contributed by atoms with E-state index in [1.54, 1.807) is 0 Å². The van der Waals surface area contributed by atoms with Crippen molar-refractivity contribution >= 4 is 160 Å². The van der Waals surface area contributed by atoms with Gasteiger partial charge in [-0.1, -0.05) is 267 Å². The highest BCUT2D eigenvalue weighted by Gasteiger charge is 2.15. The molecule has 0 saturated carbocycles. The van der Waals surface area contributed by atoms with Crippen molar-refractivity contribution in [2.45, 2.75) is 109 Å². The van der Waals surface area contributed by atoms with Gasteiger partial charge in [-0.3, -0.25) is 0 Å². The van der Waals surface area contributed by atoms with Gasteiger partial charge in [-0.25, -0.2) is 0 Å². The molecule has 15 rings (SSSR count). The molecule has 0 N–H and O–H groups in total. The highest BCUT2D eigenvalue weighted by atomic mass is 31.0. The lowest BCUT2D eigenvalue weighted by molar-refractivity contribution is 1.28. The van der Waals surface area contributed by atoms with Crippen molar-refractivity contribution in [2.24, 2.45) is 0 Å². The maximum absolute atomic E-state index is 2.86. The summed E-state index contributed by atoms with van der Waals surface area (Å²) in [5.74, 6) is 0. The molecule has 15 unspecified atom stereocenters. The van der Waals surface area contributed by atoms with Crippen molar-refractivity contribution in [3.63, 3.8) is 0 Å².